The summed E-state index contributed by atoms with van der Waals surface area (Å²) in [6.45, 7) is 0. The summed E-state index contributed by atoms with van der Waals surface area (Å²) in [6, 6.07) is 3.79. The van der Waals surface area contributed by atoms with Gasteiger partial charge in [-0.05, 0) is 25.2 Å². The topological polar surface area (TPSA) is 140 Å². The number of carbonyl (C=O) groups is 2. The highest BCUT2D eigenvalue weighted by Crippen LogP contribution is 2.24. The molecule has 2 amide bonds. The summed E-state index contributed by atoms with van der Waals surface area (Å²) in [6.07, 6.45) is 0. The van der Waals surface area contributed by atoms with Gasteiger partial charge in [0.15, 0.2) is 0 Å². The fourth-order valence-corrected chi connectivity index (χ4v) is 3.31. The first-order valence-electron chi connectivity index (χ1n) is 6.82. The predicted octanol–water partition coefficient (Wildman–Crippen LogP) is -0.649. The number of pyridine rings is 1. The standard InChI is InChI=1S/C14H11FN4O5S/c1-17-25(23,24)9-4-6(2-3-8(9)15)19-10(20)5-7-11(12(19)16)14(22)18-13(7)21/h2-5,17H,16H2,1H3,(H,18,21,22). The van der Waals surface area contributed by atoms with Gasteiger partial charge < -0.3 is 5.73 Å². The molecular weight excluding hydrogens is 355 g/mol. The van der Waals surface area contributed by atoms with Crippen molar-refractivity contribution in [3.63, 3.8) is 0 Å². The van der Waals surface area contributed by atoms with Crippen LogP contribution in [0.1, 0.15) is 20.7 Å². The minimum Gasteiger partial charge on any atom is -0.384 e. The lowest BCUT2D eigenvalue weighted by atomic mass is 10.1. The number of imide groups is 1. The lowest BCUT2D eigenvalue weighted by molar-refractivity contribution is 0.0880. The van der Waals surface area contributed by atoms with Gasteiger partial charge in [0.2, 0.25) is 10.0 Å². The van der Waals surface area contributed by atoms with Crippen LogP contribution in [0.3, 0.4) is 0 Å². The van der Waals surface area contributed by atoms with Gasteiger partial charge in [0.1, 0.15) is 16.5 Å². The number of sulfonamides is 1. The van der Waals surface area contributed by atoms with E-state index in [1.807, 2.05) is 10.0 Å². The van der Waals surface area contributed by atoms with E-state index in [-0.39, 0.29) is 22.6 Å². The maximum atomic E-state index is 13.9. The van der Waals surface area contributed by atoms with E-state index in [2.05, 4.69) is 0 Å². The second-order valence-electron chi connectivity index (χ2n) is 5.10. The van der Waals surface area contributed by atoms with Crippen LogP contribution in [-0.4, -0.2) is 31.8 Å². The number of rotatable bonds is 3. The lowest BCUT2D eigenvalue weighted by Gasteiger charge is -2.13. The molecule has 11 heteroatoms. The predicted molar refractivity (Wildman–Crippen MR) is 84.5 cm³/mol. The second-order valence-corrected chi connectivity index (χ2v) is 6.95. The van der Waals surface area contributed by atoms with Gasteiger partial charge in [-0.3, -0.25) is 24.3 Å². The van der Waals surface area contributed by atoms with Crippen LogP contribution in [0.5, 0.6) is 0 Å². The number of nitrogens with two attached hydrogens (primary N) is 1. The number of benzene rings is 1. The van der Waals surface area contributed by atoms with Gasteiger partial charge in [-0.1, -0.05) is 0 Å². The Bertz CT molecular complexity index is 1110. The highest BCUT2D eigenvalue weighted by Gasteiger charge is 2.32. The molecule has 0 saturated carbocycles. The minimum absolute atomic E-state index is 0.0762. The fraction of sp³-hybridized carbons (Fsp3) is 0.0714. The number of anilines is 1. The van der Waals surface area contributed by atoms with Crippen LogP contribution >= 0.6 is 0 Å². The van der Waals surface area contributed by atoms with Crippen LogP contribution in [0.2, 0.25) is 0 Å². The number of nitrogen functional groups attached to an aromatic ring is 1. The molecule has 1 aliphatic heterocycles. The summed E-state index contributed by atoms with van der Waals surface area (Å²) in [7, 11) is -3.03. The largest absolute Gasteiger partial charge is 0.384 e. The van der Waals surface area contributed by atoms with Crippen molar-refractivity contribution < 1.29 is 22.4 Å². The first-order valence-corrected chi connectivity index (χ1v) is 8.30. The van der Waals surface area contributed by atoms with E-state index in [4.69, 9.17) is 5.73 Å². The molecule has 0 bridgehead atoms. The van der Waals surface area contributed by atoms with Crippen LogP contribution in [0.15, 0.2) is 34.0 Å². The number of fused-ring (bicyclic) bond motifs is 1. The summed E-state index contributed by atoms with van der Waals surface area (Å²) < 4.78 is 40.4. The number of nitrogens with one attached hydrogen (secondary N) is 2. The summed E-state index contributed by atoms with van der Waals surface area (Å²) in [5.41, 5.74) is 4.61. The molecule has 0 spiro atoms. The Morgan fingerprint density at radius 2 is 1.84 bits per heavy atom. The van der Waals surface area contributed by atoms with E-state index in [0.29, 0.717) is 0 Å². The molecule has 4 N–H and O–H groups in total. The third-order valence-electron chi connectivity index (χ3n) is 3.68. The van der Waals surface area contributed by atoms with E-state index in [1.54, 1.807) is 0 Å². The molecule has 2 heterocycles. The molecular formula is C14H11FN4O5S. The fourth-order valence-electron chi connectivity index (χ4n) is 2.49. The normalized spacial score (nSPS) is 13.7. The molecule has 25 heavy (non-hydrogen) atoms. The van der Waals surface area contributed by atoms with Gasteiger partial charge in [0, 0.05) is 6.07 Å². The number of hydrogen-bond donors (Lipinski definition) is 3. The van der Waals surface area contributed by atoms with Crippen molar-refractivity contribution in [1.29, 1.82) is 0 Å². The zero-order valence-electron chi connectivity index (χ0n) is 12.7. The Labute approximate surface area is 140 Å². The molecule has 1 aliphatic rings. The average molecular weight is 366 g/mol. The van der Waals surface area contributed by atoms with Crippen molar-refractivity contribution in [3.8, 4) is 5.69 Å². The quantitative estimate of drug-likeness (QED) is 0.617. The lowest BCUT2D eigenvalue weighted by Crippen LogP contribution is -2.25. The first kappa shape index (κ1) is 16.8. The van der Waals surface area contributed by atoms with Gasteiger partial charge in [0.25, 0.3) is 17.4 Å². The molecule has 0 fully saturated rings. The van der Waals surface area contributed by atoms with Crippen molar-refractivity contribution in [3.05, 3.63) is 51.6 Å². The molecule has 130 valence electrons. The Hall–Kier alpha value is -3.05. The zero-order valence-corrected chi connectivity index (χ0v) is 13.5. The van der Waals surface area contributed by atoms with E-state index < -0.39 is 38.1 Å². The van der Waals surface area contributed by atoms with Gasteiger partial charge in [-0.25, -0.2) is 17.5 Å². The molecule has 0 saturated heterocycles. The number of aromatic nitrogens is 1. The molecule has 9 nitrogen and oxygen atoms in total. The molecule has 1 aromatic heterocycles. The molecule has 1 aromatic carbocycles. The third-order valence-corrected chi connectivity index (χ3v) is 5.11. The van der Waals surface area contributed by atoms with Crippen molar-refractivity contribution in [2.75, 3.05) is 12.8 Å². The van der Waals surface area contributed by atoms with Crippen LogP contribution < -0.4 is 21.3 Å². The zero-order chi connectivity index (χ0) is 18.5. The number of hydrogen-bond acceptors (Lipinski definition) is 6. The molecule has 0 atom stereocenters. The SMILES string of the molecule is CNS(=O)(=O)c1cc(-n2c(N)c3c(cc2=O)C(=O)NC3=O)ccc1F. The van der Waals surface area contributed by atoms with E-state index in [1.165, 1.54) is 0 Å². The van der Waals surface area contributed by atoms with E-state index >= 15 is 0 Å². The van der Waals surface area contributed by atoms with E-state index in [0.717, 1.165) is 35.9 Å². The highest BCUT2D eigenvalue weighted by molar-refractivity contribution is 7.89. The summed E-state index contributed by atoms with van der Waals surface area (Å²) in [4.78, 5) is 35.1. The first-order chi connectivity index (χ1) is 11.7. The smallest absolute Gasteiger partial charge is 0.262 e. The molecule has 2 aromatic rings. The van der Waals surface area contributed by atoms with Crippen molar-refractivity contribution >= 4 is 27.7 Å². The number of carbonyl (C=O) groups excluding carboxylic acids is 2. The Kier molecular flexibility index (Phi) is 3.69. The van der Waals surface area contributed by atoms with Crippen LogP contribution in [-0.2, 0) is 10.0 Å². The van der Waals surface area contributed by atoms with Crippen molar-refractivity contribution in [2.45, 2.75) is 4.90 Å². The Morgan fingerprint density at radius 1 is 1.16 bits per heavy atom. The van der Waals surface area contributed by atoms with Crippen LogP contribution in [0.4, 0.5) is 10.2 Å². The van der Waals surface area contributed by atoms with Gasteiger partial charge >= 0.3 is 0 Å². The summed E-state index contributed by atoms with van der Waals surface area (Å²) in [5, 5.41) is 2.01. The monoisotopic (exact) mass is 366 g/mol. The second kappa shape index (κ2) is 5.50. The molecule has 0 radical (unpaired) electrons. The Morgan fingerprint density at radius 3 is 2.48 bits per heavy atom. The van der Waals surface area contributed by atoms with Crippen LogP contribution in [0.25, 0.3) is 5.69 Å². The van der Waals surface area contributed by atoms with Gasteiger partial charge in [0.05, 0.1) is 16.8 Å². The third kappa shape index (κ3) is 2.49. The maximum Gasteiger partial charge on any atom is 0.262 e. The molecule has 0 unspecified atom stereocenters. The van der Waals surface area contributed by atoms with Crippen LogP contribution in [0, 0.1) is 5.82 Å². The van der Waals surface area contributed by atoms with Crippen molar-refractivity contribution in [2.24, 2.45) is 0 Å². The van der Waals surface area contributed by atoms with Gasteiger partial charge in [-0.2, -0.15) is 0 Å². The summed E-state index contributed by atoms with van der Waals surface area (Å²) >= 11 is 0. The van der Waals surface area contributed by atoms with E-state index in [9.17, 15) is 27.2 Å². The number of nitrogens with zero attached hydrogens (tertiary/aromatic N) is 1. The van der Waals surface area contributed by atoms with Crippen molar-refractivity contribution in [1.82, 2.24) is 14.6 Å². The molecule has 0 aliphatic carbocycles. The average Bonchev–Trinajstić information content (AvgIpc) is 2.83. The minimum atomic E-state index is -4.13. The highest BCUT2D eigenvalue weighted by atomic mass is 32.2. The van der Waals surface area contributed by atoms with Gasteiger partial charge in [-0.15, -0.1) is 0 Å². The number of halogens is 1. The Balaban J connectivity index is 2.31. The maximum absolute atomic E-state index is 13.9. The molecule has 3 rings (SSSR count). The number of amides is 2. The summed E-state index contributed by atoms with van der Waals surface area (Å²) in [5.74, 6) is -2.92.